The summed E-state index contributed by atoms with van der Waals surface area (Å²) in [6, 6.07) is 13.2. The van der Waals surface area contributed by atoms with Gasteiger partial charge >= 0.3 is 0 Å². The van der Waals surface area contributed by atoms with Gasteiger partial charge in [0.15, 0.2) is 5.11 Å². The van der Waals surface area contributed by atoms with E-state index in [1.54, 1.807) is 17.9 Å². The molecular formula is C19H24FN4S+. The van der Waals surface area contributed by atoms with Crippen molar-refractivity contribution >= 4 is 34.4 Å². The summed E-state index contributed by atoms with van der Waals surface area (Å²) >= 11 is 5.41. The van der Waals surface area contributed by atoms with Crippen LogP contribution in [0.5, 0.6) is 0 Å². The molecule has 25 heavy (non-hydrogen) atoms. The largest absolute Gasteiger partial charge is 0.359 e. The summed E-state index contributed by atoms with van der Waals surface area (Å²) in [5.74, 6) is -0.242. The van der Waals surface area contributed by atoms with Gasteiger partial charge in [-0.25, -0.2) is 4.39 Å². The molecule has 2 aromatic rings. The smallest absolute Gasteiger partial charge is 0.175 e. The first-order valence-electron chi connectivity index (χ1n) is 8.52. The lowest BCUT2D eigenvalue weighted by Crippen LogP contribution is -3.12. The van der Waals surface area contributed by atoms with Gasteiger partial charge in [-0.15, -0.1) is 0 Å². The first kappa shape index (κ1) is 17.6. The normalized spacial score (nSPS) is 15.1. The minimum absolute atomic E-state index is 0.242. The Kier molecular flexibility index (Phi) is 5.50. The third-order valence-corrected chi connectivity index (χ3v) is 4.74. The molecule has 6 heteroatoms. The van der Waals surface area contributed by atoms with E-state index in [4.69, 9.17) is 12.2 Å². The van der Waals surface area contributed by atoms with Crippen LogP contribution in [0.3, 0.4) is 0 Å². The Morgan fingerprint density at radius 2 is 1.84 bits per heavy atom. The van der Waals surface area contributed by atoms with E-state index in [0.717, 1.165) is 37.6 Å². The number of nitrogens with one attached hydrogen (secondary N) is 3. The number of hydrogen-bond donors (Lipinski definition) is 3. The Hall–Kier alpha value is -2.18. The molecule has 1 aliphatic rings. The Bertz CT molecular complexity index is 757. The van der Waals surface area contributed by atoms with Crippen LogP contribution in [0.2, 0.25) is 0 Å². The van der Waals surface area contributed by atoms with Crippen molar-refractivity contribution in [3.8, 4) is 0 Å². The van der Waals surface area contributed by atoms with Crippen LogP contribution in [0.4, 0.5) is 21.5 Å². The lowest BCUT2D eigenvalue weighted by Gasteiger charge is -2.33. The van der Waals surface area contributed by atoms with Crippen LogP contribution in [0, 0.1) is 12.7 Å². The van der Waals surface area contributed by atoms with Gasteiger partial charge in [0.2, 0.25) is 0 Å². The van der Waals surface area contributed by atoms with E-state index in [9.17, 15) is 4.39 Å². The monoisotopic (exact) mass is 359 g/mol. The highest BCUT2D eigenvalue weighted by atomic mass is 32.1. The molecule has 0 bridgehead atoms. The molecular weight excluding hydrogens is 335 g/mol. The average molecular weight is 359 g/mol. The molecule has 0 amide bonds. The molecule has 4 nitrogen and oxygen atoms in total. The maximum atomic E-state index is 13.7. The number of rotatable bonds is 3. The number of halogens is 1. The van der Waals surface area contributed by atoms with E-state index >= 15 is 0 Å². The van der Waals surface area contributed by atoms with E-state index in [-0.39, 0.29) is 5.82 Å². The van der Waals surface area contributed by atoms with E-state index in [1.165, 1.54) is 6.07 Å². The fourth-order valence-corrected chi connectivity index (χ4v) is 3.17. The lowest BCUT2D eigenvalue weighted by molar-refractivity contribution is -0.880. The number of benzene rings is 2. The number of anilines is 3. The standard InChI is InChI=1S/C19H23FN4S/c1-14-7-8-15(13-16(14)20)21-19(25)22-17-5-3-4-6-18(17)24-11-9-23(2)10-12-24/h3-8,13H,9-12H2,1-2H3,(H2,21,22,25)/p+1. The molecule has 1 saturated heterocycles. The summed E-state index contributed by atoms with van der Waals surface area (Å²) in [7, 11) is 2.22. The van der Waals surface area contributed by atoms with Crippen molar-refractivity contribution < 1.29 is 9.29 Å². The molecule has 0 atom stereocenters. The van der Waals surface area contributed by atoms with Gasteiger partial charge in [0.05, 0.1) is 44.6 Å². The molecule has 0 aromatic heterocycles. The van der Waals surface area contributed by atoms with Crippen LogP contribution in [0.1, 0.15) is 5.56 Å². The number of hydrogen-bond acceptors (Lipinski definition) is 2. The Labute approximate surface area is 153 Å². The van der Waals surface area contributed by atoms with Crippen LogP contribution >= 0.6 is 12.2 Å². The molecule has 3 N–H and O–H groups in total. The summed E-state index contributed by atoms with van der Waals surface area (Å²) in [6.45, 7) is 6.03. The summed E-state index contributed by atoms with van der Waals surface area (Å²) in [5.41, 5.74) is 3.37. The van der Waals surface area contributed by atoms with Gasteiger partial charge in [-0.1, -0.05) is 18.2 Å². The van der Waals surface area contributed by atoms with Crippen molar-refractivity contribution in [1.29, 1.82) is 0 Å². The Balaban J connectivity index is 1.70. The minimum Gasteiger partial charge on any atom is -0.359 e. The summed E-state index contributed by atoms with van der Waals surface area (Å²) in [4.78, 5) is 3.93. The van der Waals surface area contributed by atoms with E-state index in [1.807, 2.05) is 24.3 Å². The minimum atomic E-state index is -0.242. The Morgan fingerprint density at radius 3 is 2.56 bits per heavy atom. The maximum absolute atomic E-state index is 13.7. The van der Waals surface area contributed by atoms with Crippen molar-refractivity contribution in [3.63, 3.8) is 0 Å². The first-order chi connectivity index (χ1) is 12.0. The zero-order valence-corrected chi connectivity index (χ0v) is 15.4. The second kappa shape index (κ2) is 7.80. The number of likely N-dealkylation sites (N-methyl/N-ethyl adjacent to an activating group) is 1. The molecule has 1 heterocycles. The average Bonchev–Trinajstić information content (AvgIpc) is 2.59. The van der Waals surface area contributed by atoms with E-state index in [0.29, 0.717) is 16.4 Å². The van der Waals surface area contributed by atoms with Crippen molar-refractivity contribution in [1.82, 2.24) is 0 Å². The molecule has 2 aromatic carbocycles. The van der Waals surface area contributed by atoms with E-state index < -0.39 is 0 Å². The number of para-hydroxylation sites is 2. The first-order valence-corrected chi connectivity index (χ1v) is 8.93. The van der Waals surface area contributed by atoms with Crippen molar-refractivity contribution in [2.75, 3.05) is 48.8 Å². The number of thiocarbonyl (C=S) groups is 1. The summed E-state index contributed by atoms with van der Waals surface area (Å²) in [5, 5.41) is 6.76. The van der Waals surface area contributed by atoms with Gasteiger partial charge < -0.3 is 20.4 Å². The molecule has 0 aliphatic carbocycles. The number of nitrogens with zero attached hydrogens (tertiary/aromatic N) is 1. The Morgan fingerprint density at radius 1 is 1.12 bits per heavy atom. The van der Waals surface area contributed by atoms with Gasteiger partial charge in [0, 0.05) is 5.69 Å². The van der Waals surface area contributed by atoms with Crippen LogP contribution < -0.4 is 20.4 Å². The molecule has 0 unspecified atom stereocenters. The van der Waals surface area contributed by atoms with Gasteiger partial charge in [-0.3, -0.25) is 0 Å². The zero-order chi connectivity index (χ0) is 17.8. The highest BCUT2D eigenvalue weighted by molar-refractivity contribution is 7.80. The highest BCUT2D eigenvalue weighted by Crippen LogP contribution is 2.26. The molecule has 0 saturated carbocycles. The summed E-state index contributed by atoms with van der Waals surface area (Å²) < 4.78 is 13.7. The summed E-state index contributed by atoms with van der Waals surface area (Å²) in [6.07, 6.45) is 0. The predicted octanol–water partition coefficient (Wildman–Crippen LogP) is 2.28. The number of piperazine rings is 1. The number of aryl methyl sites for hydroxylation is 1. The maximum Gasteiger partial charge on any atom is 0.175 e. The third-order valence-electron chi connectivity index (χ3n) is 4.54. The van der Waals surface area contributed by atoms with Gasteiger partial charge in [-0.05, 0) is 49.0 Å². The van der Waals surface area contributed by atoms with Gasteiger partial charge in [0.1, 0.15) is 5.82 Å². The molecule has 3 rings (SSSR count). The molecule has 1 aliphatic heterocycles. The van der Waals surface area contributed by atoms with Crippen LogP contribution in [0.25, 0.3) is 0 Å². The van der Waals surface area contributed by atoms with Crippen LogP contribution in [-0.4, -0.2) is 38.3 Å². The van der Waals surface area contributed by atoms with Gasteiger partial charge in [-0.2, -0.15) is 0 Å². The molecule has 0 radical (unpaired) electrons. The highest BCUT2D eigenvalue weighted by Gasteiger charge is 2.19. The fraction of sp³-hybridized carbons (Fsp3) is 0.316. The molecule has 0 spiro atoms. The second-order valence-electron chi connectivity index (χ2n) is 6.50. The van der Waals surface area contributed by atoms with Crippen molar-refractivity contribution in [3.05, 3.63) is 53.8 Å². The SMILES string of the molecule is Cc1ccc(NC(=S)Nc2ccccc2N2CC[NH+](C)CC2)cc1F. The van der Waals surface area contributed by atoms with Crippen LogP contribution in [0.15, 0.2) is 42.5 Å². The number of quaternary nitrogens is 1. The van der Waals surface area contributed by atoms with Crippen molar-refractivity contribution in [2.45, 2.75) is 6.92 Å². The fourth-order valence-electron chi connectivity index (χ4n) is 2.94. The van der Waals surface area contributed by atoms with Gasteiger partial charge in [0.25, 0.3) is 0 Å². The zero-order valence-electron chi connectivity index (χ0n) is 14.6. The molecule has 132 valence electrons. The second-order valence-corrected chi connectivity index (χ2v) is 6.91. The lowest BCUT2D eigenvalue weighted by atomic mass is 10.2. The van der Waals surface area contributed by atoms with E-state index in [2.05, 4.69) is 28.6 Å². The topological polar surface area (TPSA) is 31.7 Å². The molecule has 1 fully saturated rings. The van der Waals surface area contributed by atoms with Crippen molar-refractivity contribution in [2.24, 2.45) is 0 Å². The quantitative estimate of drug-likeness (QED) is 0.734. The predicted molar refractivity (Wildman–Crippen MR) is 106 cm³/mol. The van der Waals surface area contributed by atoms with Crippen LogP contribution in [-0.2, 0) is 0 Å². The third kappa shape index (κ3) is 4.46.